The topological polar surface area (TPSA) is 88.0 Å². The zero-order chi connectivity index (χ0) is 19.4. The molecule has 0 atom stereocenters. The van der Waals surface area contributed by atoms with Crippen LogP contribution >= 0.6 is 11.6 Å². The minimum atomic E-state index is -0.442. The van der Waals surface area contributed by atoms with Gasteiger partial charge in [0.25, 0.3) is 5.69 Å². The number of ether oxygens (including phenoxy) is 1. The molecule has 1 N–H and O–H groups in total. The first-order valence-corrected chi connectivity index (χ1v) is 8.75. The molecule has 2 aromatic rings. The number of carbonyl (C=O) groups is 1. The number of hydrogen-bond acceptors (Lipinski definition) is 5. The van der Waals surface area contributed by atoms with E-state index in [0.29, 0.717) is 48.3 Å². The van der Waals surface area contributed by atoms with E-state index in [9.17, 15) is 14.9 Å². The van der Waals surface area contributed by atoms with Gasteiger partial charge in [0.2, 0.25) is 0 Å². The van der Waals surface area contributed by atoms with Crippen LogP contribution in [0.3, 0.4) is 0 Å². The van der Waals surface area contributed by atoms with Crippen LogP contribution in [0, 0.1) is 10.1 Å². The number of hydrogen-bond donors (Lipinski definition) is 1. The van der Waals surface area contributed by atoms with Gasteiger partial charge < -0.3 is 19.9 Å². The number of para-hydroxylation sites is 2. The van der Waals surface area contributed by atoms with Gasteiger partial charge in [0, 0.05) is 37.3 Å². The maximum Gasteiger partial charge on any atom is 0.322 e. The predicted molar refractivity (Wildman–Crippen MR) is 104 cm³/mol. The van der Waals surface area contributed by atoms with E-state index >= 15 is 0 Å². The molecule has 0 aliphatic carbocycles. The Morgan fingerprint density at radius 1 is 1.19 bits per heavy atom. The van der Waals surface area contributed by atoms with Gasteiger partial charge in [-0.05, 0) is 24.3 Å². The number of methoxy groups -OCH3 is 1. The van der Waals surface area contributed by atoms with Gasteiger partial charge in [0.1, 0.15) is 11.4 Å². The van der Waals surface area contributed by atoms with E-state index in [1.54, 1.807) is 36.3 Å². The van der Waals surface area contributed by atoms with Crippen LogP contribution in [0.15, 0.2) is 42.5 Å². The van der Waals surface area contributed by atoms with Gasteiger partial charge in [0.15, 0.2) is 0 Å². The standard InChI is InChI=1S/C18H19ClN4O4/c1-27-17-5-3-2-4-14(17)20-18(24)22-10-8-21(9-11-22)15-7-6-13(19)12-16(15)23(25)26/h2-7,12H,8-11H2,1H3,(H,20,24). The van der Waals surface area contributed by atoms with E-state index < -0.39 is 4.92 Å². The van der Waals surface area contributed by atoms with Gasteiger partial charge in [-0.25, -0.2) is 4.79 Å². The van der Waals surface area contributed by atoms with Crippen molar-refractivity contribution in [3.63, 3.8) is 0 Å². The van der Waals surface area contributed by atoms with E-state index in [0.717, 1.165) is 0 Å². The van der Waals surface area contributed by atoms with Gasteiger partial charge >= 0.3 is 6.03 Å². The molecule has 0 aromatic heterocycles. The molecule has 8 nitrogen and oxygen atoms in total. The third-order valence-corrected chi connectivity index (χ3v) is 4.63. The van der Waals surface area contributed by atoms with Crippen LogP contribution in [0.1, 0.15) is 0 Å². The van der Waals surface area contributed by atoms with Crippen molar-refractivity contribution in [2.24, 2.45) is 0 Å². The number of nitro groups is 1. The number of piperazine rings is 1. The zero-order valence-corrected chi connectivity index (χ0v) is 15.5. The average molecular weight is 391 g/mol. The minimum Gasteiger partial charge on any atom is -0.495 e. The molecule has 1 fully saturated rings. The van der Waals surface area contributed by atoms with Gasteiger partial charge in [-0.3, -0.25) is 10.1 Å². The summed E-state index contributed by atoms with van der Waals surface area (Å²) in [6.07, 6.45) is 0. The van der Waals surface area contributed by atoms with Gasteiger partial charge in [-0.2, -0.15) is 0 Å². The lowest BCUT2D eigenvalue weighted by atomic mass is 10.2. The second-order valence-electron chi connectivity index (χ2n) is 5.99. The van der Waals surface area contributed by atoms with E-state index in [4.69, 9.17) is 16.3 Å². The SMILES string of the molecule is COc1ccccc1NC(=O)N1CCN(c2ccc(Cl)cc2[N+](=O)[O-])CC1. The van der Waals surface area contributed by atoms with Crippen molar-refractivity contribution in [2.45, 2.75) is 0 Å². The van der Waals surface area contributed by atoms with Crippen molar-refractivity contribution in [1.82, 2.24) is 4.90 Å². The molecular weight excluding hydrogens is 372 g/mol. The van der Waals surface area contributed by atoms with Crippen molar-refractivity contribution in [3.8, 4) is 5.75 Å². The van der Waals surface area contributed by atoms with Crippen LogP contribution in [0.2, 0.25) is 5.02 Å². The fraction of sp³-hybridized carbons (Fsp3) is 0.278. The van der Waals surface area contributed by atoms with Crippen LogP contribution in [0.5, 0.6) is 5.75 Å². The molecule has 1 saturated heterocycles. The first kappa shape index (κ1) is 18.8. The molecule has 2 amide bonds. The monoisotopic (exact) mass is 390 g/mol. The number of urea groups is 1. The summed E-state index contributed by atoms with van der Waals surface area (Å²) >= 11 is 5.87. The number of benzene rings is 2. The first-order chi connectivity index (χ1) is 13.0. The van der Waals surface area contributed by atoms with Crippen LogP contribution in [0.4, 0.5) is 21.9 Å². The number of nitro benzene ring substituents is 1. The highest BCUT2D eigenvalue weighted by molar-refractivity contribution is 6.30. The maximum absolute atomic E-state index is 12.5. The third-order valence-electron chi connectivity index (χ3n) is 4.39. The molecule has 27 heavy (non-hydrogen) atoms. The number of halogens is 1. The molecule has 142 valence electrons. The molecule has 9 heteroatoms. The molecule has 0 unspecified atom stereocenters. The molecule has 1 heterocycles. The Morgan fingerprint density at radius 2 is 1.89 bits per heavy atom. The molecule has 3 rings (SSSR count). The smallest absolute Gasteiger partial charge is 0.322 e. The predicted octanol–water partition coefficient (Wildman–Crippen LogP) is 3.61. The second-order valence-corrected chi connectivity index (χ2v) is 6.43. The highest BCUT2D eigenvalue weighted by atomic mass is 35.5. The lowest BCUT2D eigenvalue weighted by molar-refractivity contribution is -0.384. The molecule has 1 aliphatic rings. The van der Waals surface area contributed by atoms with Crippen molar-refractivity contribution in [3.05, 3.63) is 57.6 Å². The fourth-order valence-electron chi connectivity index (χ4n) is 3.00. The van der Waals surface area contributed by atoms with Crippen molar-refractivity contribution in [2.75, 3.05) is 43.5 Å². The molecule has 0 saturated carbocycles. The maximum atomic E-state index is 12.5. The van der Waals surface area contributed by atoms with Gasteiger partial charge in [0.05, 0.1) is 17.7 Å². The van der Waals surface area contributed by atoms with E-state index in [-0.39, 0.29) is 11.7 Å². The summed E-state index contributed by atoms with van der Waals surface area (Å²) in [4.78, 5) is 26.9. The fourth-order valence-corrected chi connectivity index (χ4v) is 3.17. The number of amides is 2. The number of rotatable bonds is 4. The number of carbonyl (C=O) groups excluding carboxylic acids is 1. The third kappa shape index (κ3) is 4.22. The number of anilines is 2. The van der Waals surface area contributed by atoms with E-state index in [2.05, 4.69) is 5.32 Å². The Balaban J connectivity index is 1.65. The van der Waals surface area contributed by atoms with Gasteiger partial charge in [-0.1, -0.05) is 23.7 Å². The number of nitrogens with one attached hydrogen (secondary N) is 1. The molecule has 0 spiro atoms. The Labute approximate surface area is 161 Å². The Bertz CT molecular complexity index is 853. The van der Waals surface area contributed by atoms with Crippen LogP contribution in [-0.2, 0) is 0 Å². The summed E-state index contributed by atoms with van der Waals surface area (Å²) < 4.78 is 5.24. The quantitative estimate of drug-likeness (QED) is 0.636. The van der Waals surface area contributed by atoms with Crippen LogP contribution in [0.25, 0.3) is 0 Å². The summed E-state index contributed by atoms with van der Waals surface area (Å²) in [5, 5.41) is 14.4. The Kier molecular flexibility index (Phi) is 5.66. The summed E-state index contributed by atoms with van der Waals surface area (Å²) in [5.74, 6) is 0.585. The highest BCUT2D eigenvalue weighted by Gasteiger charge is 2.26. The lowest BCUT2D eigenvalue weighted by Gasteiger charge is -2.35. The van der Waals surface area contributed by atoms with Crippen LogP contribution in [-0.4, -0.2) is 49.1 Å². The summed E-state index contributed by atoms with van der Waals surface area (Å²) in [7, 11) is 1.54. The molecule has 0 bridgehead atoms. The lowest BCUT2D eigenvalue weighted by Crippen LogP contribution is -2.50. The van der Waals surface area contributed by atoms with Gasteiger partial charge in [-0.15, -0.1) is 0 Å². The summed E-state index contributed by atoms with van der Waals surface area (Å²) in [6, 6.07) is 11.6. The van der Waals surface area contributed by atoms with Crippen molar-refractivity contribution >= 4 is 34.7 Å². The molecule has 0 radical (unpaired) electrons. The molecule has 1 aliphatic heterocycles. The highest BCUT2D eigenvalue weighted by Crippen LogP contribution is 2.31. The largest absolute Gasteiger partial charge is 0.495 e. The average Bonchev–Trinajstić information content (AvgIpc) is 2.68. The zero-order valence-electron chi connectivity index (χ0n) is 14.7. The summed E-state index contributed by atoms with van der Waals surface area (Å²) in [5.41, 5.74) is 1.07. The minimum absolute atomic E-state index is 0.0329. The van der Waals surface area contributed by atoms with E-state index in [1.165, 1.54) is 6.07 Å². The Hall–Kier alpha value is -3.00. The number of nitrogens with zero attached hydrogens (tertiary/aromatic N) is 3. The molecular formula is C18H19ClN4O4. The van der Waals surface area contributed by atoms with Crippen molar-refractivity contribution in [1.29, 1.82) is 0 Å². The Morgan fingerprint density at radius 3 is 2.56 bits per heavy atom. The normalized spacial score (nSPS) is 14.0. The van der Waals surface area contributed by atoms with Crippen molar-refractivity contribution < 1.29 is 14.5 Å². The second kappa shape index (κ2) is 8.13. The summed E-state index contributed by atoms with van der Waals surface area (Å²) in [6.45, 7) is 1.87. The molecule has 2 aromatic carbocycles. The first-order valence-electron chi connectivity index (χ1n) is 8.37. The van der Waals surface area contributed by atoms with E-state index in [1.807, 2.05) is 17.0 Å². The van der Waals surface area contributed by atoms with Crippen LogP contribution < -0.4 is 15.0 Å².